The summed E-state index contributed by atoms with van der Waals surface area (Å²) < 4.78 is 5.53. The Balaban J connectivity index is 2.55. The summed E-state index contributed by atoms with van der Waals surface area (Å²) >= 11 is 0. The van der Waals surface area contributed by atoms with Crippen molar-refractivity contribution in [2.45, 2.75) is 19.8 Å². The van der Waals surface area contributed by atoms with Gasteiger partial charge in [0.05, 0.1) is 19.5 Å². The standard InChI is InChI=1S/C17H22N4O/c1-4-13-10-7-11-15(22-3)16(13)21(12-18)17(20-19-2)14-8-5-6-9-14/h5-8,10-11H,2,4,9,12,18H2,1,3H3/b20-17-. The van der Waals surface area contributed by atoms with Crippen LogP contribution in [0.1, 0.15) is 18.9 Å². The highest BCUT2D eigenvalue weighted by Gasteiger charge is 2.22. The molecule has 1 aromatic rings. The molecule has 5 nitrogen and oxygen atoms in total. The van der Waals surface area contributed by atoms with Crippen LogP contribution >= 0.6 is 0 Å². The molecular weight excluding hydrogens is 276 g/mol. The zero-order chi connectivity index (χ0) is 15.9. The number of nitrogens with two attached hydrogens (primary N) is 1. The van der Waals surface area contributed by atoms with E-state index in [1.165, 1.54) is 0 Å². The van der Waals surface area contributed by atoms with Crippen molar-refractivity contribution in [2.24, 2.45) is 15.9 Å². The molecule has 0 saturated carbocycles. The fraction of sp³-hybridized carbons (Fsp3) is 0.294. The Morgan fingerprint density at radius 2 is 2.27 bits per heavy atom. The largest absolute Gasteiger partial charge is 0.495 e. The molecular formula is C17H22N4O. The van der Waals surface area contributed by atoms with Crippen LogP contribution in [-0.2, 0) is 6.42 Å². The van der Waals surface area contributed by atoms with Crippen molar-refractivity contribution in [1.29, 1.82) is 0 Å². The molecule has 22 heavy (non-hydrogen) atoms. The first-order valence-corrected chi connectivity index (χ1v) is 7.30. The maximum atomic E-state index is 6.03. The third-order valence-corrected chi connectivity index (χ3v) is 3.62. The number of rotatable bonds is 6. The smallest absolute Gasteiger partial charge is 0.160 e. The zero-order valence-corrected chi connectivity index (χ0v) is 13.1. The van der Waals surface area contributed by atoms with E-state index in [0.717, 1.165) is 35.4 Å². The lowest BCUT2D eigenvalue weighted by Crippen LogP contribution is -2.38. The van der Waals surface area contributed by atoms with Gasteiger partial charge in [0.15, 0.2) is 5.84 Å². The van der Waals surface area contributed by atoms with Crippen molar-refractivity contribution in [2.75, 3.05) is 18.7 Å². The summed E-state index contributed by atoms with van der Waals surface area (Å²) in [5, 5.41) is 7.93. The SMILES string of the molecule is C=N/N=C(/C1=CC=CC1)N(CN)c1c(CC)cccc1OC. The molecule has 2 N–H and O–H groups in total. The Morgan fingerprint density at radius 1 is 1.45 bits per heavy atom. The highest BCUT2D eigenvalue weighted by atomic mass is 16.5. The van der Waals surface area contributed by atoms with Crippen LogP contribution in [0.2, 0.25) is 0 Å². The summed E-state index contributed by atoms with van der Waals surface area (Å²) in [6, 6.07) is 5.98. The first-order chi connectivity index (χ1) is 10.8. The van der Waals surface area contributed by atoms with Gasteiger partial charge < -0.3 is 15.4 Å². The minimum Gasteiger partial charge on any atom is -0.495 e. The molecule has 0 heterocycles. The quantitative estimate of drug-likeness (QED) is 0.380. The van der Waals surface area contributed by atoms with Crippen LogP contribution < -0.4 is 15.4 Å². The number of ether oxygens (including phenoxy) is 1. The molecule has 0 bridgehead atoms. The summed E-state index contributed by atoms with van der Waals surface area (Å²) in [5.74, 6) is 1.48. The van der Waals surface area contributed by atoms with Gasteiger partial charge in [-0.3, -0.25) is 0 Å². The van der Waals surface area contributed by atoms with Gasteiger partial charge in [-0.05, 0) is 24.5 Å². The summed E-state index contributed by atoms with van der Waals surface area (Å²) in [6.45, 7) is 5.86. The van der Waals surface area contributed by atoms with Crippen molar-refractivity contribution in [3.05, 3.63) is 47.6 Å². The maximum Gasteiger partial charge on any atom is 0.160 e. The number of hydrogen-bond acceptors (Lipinski definition) is 4. The third kappa shape index (κ3) is 3.09. The minimum absolute atomic E-state index is 0.277. The Kier molecular flexibility index (Phi) is 5.49. The van der Waals surface area contributed by atoms with Gasteiger partial charge in [0, 0.05) is 12.3 Å². The first-order valence-electron chi connectivity index (χ1n) is 7.30. The van der Waals surface area contributed by atoms with Crippen LogP contribution in [-0.4, -0.2) is 26.3 Å². The molecule has 0 atom stereocenters. The molecule has 5 heteroatoms. The van der Waals surface area contributed by atoms with Gasteiger partial charge >= 0.3 is 0 Å². The van der Waals surface area contributed by atoms with E-state index in [1.807, 2.05) is 29.2 Å². The number of amidine groups is 1. The van der Waals surface area contributed by atoms with E-state index >= 15 is 0 Å². The second-order valence-electron chi connectivity index (χ2n) is 4.82. The average molecular weight is 298 g/mol. The van der Waals surface area contributed by atoms with Crippen molar-refractivity contribution >= 4 is 18.2 Å². The molecule has 0 saturated heterocycles. The van der Waals surface area contributed by atoms with Crippen molar-refractivity contribution in [1.82, 2.24) is 0 Å². The van der Waals surface area contributed by atoms with Crippen LogP contribution in [0.3, 0.4) is 0 Å². The van der Waals surface area contributed by atoms with Crippen LogP contribution in [0.4, 0.5) is 5.69 Å². The molecule has 0 unspecified atom stereocenters. The third-order valence-electron chi connectivity index (χ3n) is 3.62. The van der Waals surface area contributed by atoms with Crippen molar-refractivity contribution in [3.63, 3.8) is 0 Å². The van der Waals surface area contributed by atoms with Crippen LogP contribution in [0.25, 0.3) is 0 Å². The van der Waals surface area contributed by atoms with Gasteiger partial charge in [-0.1, -0.05) is 37.3 Å². The van der Waals surface area contributed by atoms with E-state index in [0.29, 0.717) is 5.84 Å². The molecule has 1 aromatic carbocycles. The van der Waals surface area contributed by atoms with Gasteiger partial charge in [0.2, 0.25) is 0 Å². The molecule has 2 rings (SSSR count). The number of benzene rings is 1. The Hall–Kier alpha value is -2.40. The number of nitrogens with zero attached hydrogens (tertiary/aromatic N) is 3. The van der Waals surface area contributed by atoms with Gasteiger partial charge in [-0.15, -0.1) is 5.10 Å². The van der Waals surface area contributed by atoms with E-state index in [2.05, 4.69) is 36.0 Å². The van der Waals surface area contributed by atoms with Gasteiger partial charge in [-0.2, -0.15) is 5.10 Å². The summed E-state index contributed by atoms with van der Waals surface area (Å²) in [6.07, 6.45) is 7.78. The lowest BCUT2D eigenvalue weighted by atomic mass is 10.1. The molecule has 0 aliphatic heterocycles. The van der Waals surface area contributed by atoms with Gasteiger partial charge in [0.25, 0.3) is 0 Å². The Labute approximate surface area is 131 Å². The number of methoxy groups -OCH3 is 1. The van der Waals surface area contributed by atoms with E-state index in [9.17, 15) is 0 Å². The van der Waals surface area contributed by atoms with E-state index in [1.54, 1.807) is 7.11 Å². The van der Waals surface area contributed by atoms with Crippen molar-refractivity contribution in [3.8, 4) is 5.75 Å². The van der Waals surface area contributed by atoms with Gasteiger partial charge in [0.1, 0.15) is 5.75 Å². The average Bonchev–Trinajstić information content (AvgIpc) is 3.08. The molecule has 0 amide bonds. The minimum atomic E-state index is 0.277. The molecule has 0 aromatic heterocycles. The highest BCUT2D eigenvalue weighted by Crippen LogP contribution is 2.34. The number of hydrogen-bond donors (Lipinski definition) is 1. The van der Waals surface area contributed by atoms with E-state index < -0.39 is 0 Å². The molecule has 0 spiro atoms. The second kappa shape index (κ2) is 7.56. The number of anilines is 1. The predicted octanol–water partition coefficient (Wildman–Crippen LogP) is 2.88. The Morgan fingerprint density at radius 3 is 2.82 bits per heavy atom. The zero-order valence-electron chi connectivity index (χ0n) is 13.1. The summed E-state index contributed by atoms with van der Waals surface area (Å²) in [4.78, 5) is 1.94. The summed E-state index contributed by atoms with van der Waals surface area (Å²) in [5.41, 5.74) is 9.17. The second-order valence-corrected chi connectivity index (χ2v) is 4.82. The predicted molar refractivity (Wildman–Crippen MR) is 92.7 cm³/mol. The van der Waals surface area contributed by atoms with Gasteiger partial charge in [-0.25, -0.2) is 0 Å². The van der Waals surface area contributed by atoms with Crippen LogP contribution in [0.15, 0.2) is 52.2 Å². The maximum absolute atomic E-state index is 6.03. The molecule has 0 radical (unpaired) electrons. The fourth-order valence-corrected chi connectivity index (χ4v) is 2.58. The monoisotopic (exact) mass is 298 g/mol. The Bertz CT molecular complexity index is 609. The fourth-order valence-electron chi connectivity index (χ4n) is 2.58. The van der Waals surface area contributed by atoms with Crippen molar-refractivity contribution < 1.29 is 4.74 Å². The number of para-hydroxylation sites is 1. The molecule has 0 fully saturated rings. The van der Waals surface area contributed by atoms with Crippen LogP contribution in [0, 0.1) is 0 Å². The normalized spacial score (nSPS) is 14.0. The number of aryl methyl sites for hydroxylation is 1. The number of allylic oxidation sites excluding steroid dienone is 3. The molecule has 1 aliphatic carbocycles. The van der Waals surface area contributed by atoms with Crippen LogP contribution in [0.5, 0.6) is 5.75 Å². The van der Waals surface area contributed by atoms with E-state index in [4.69, 9.17) is 10.5 Å². The van der Waals surface area contributed by atoms with E-state index in [-0.39, 0.29) is 6.67 Å². The topological polar surface area (TPSA) is 63.2 Å². The summed E-state index contributed by atoms with van der Waals surface area (Å²) in [7, 11) is 1.66. The lowest BCUT2D eigenvalue weighted by Gasteiger charge is -2.28. The molecule has 116 valence electrons. The highest BCUT2D eigenvalue weighted by molar-refractivity contribution is 6.11. The lowest BCUT2D eigenvalue weighted by molar-refractivity contribution is 0.415. The first kappa shape index (κ1) is 16.0. The molecule has 1 aliphatic rings.